The molecule has 0 unspecified atom stereocenters. The van der Waals surface area contributed by atoms with Crippen LogP contribution in [0.15, 0.2) is 30.3 Å². The summed E-state index contributed by atoms with van der Waals surface area (Å²) in [5.41, 5.74) is 1.01. The van der Waals surface area contributed by atoms with E-state index in [9.17, 15) is 9.59 Å². The predicted molar refractivity (Wildman–Crippen MR) is 65.6 cm³/mol. The van der Waals surface area contributed by atoms with Gasteiger partial charge in [-0.15, -0.1) is 0 Å². The Balaban J connectivity index is 2.12. The molecule has 0 aromatic heterocycles. The number of rotatable bonds is 3. The number of hydrogen-bond acceptors (Lipinski definition) is 4. The van der Waals surface area contributed by atoms with E-state index in [2.05, 4.69) is 0 Å². The zero-order valence-corrected chi connectivity index (χ0v) is 10.3. The molecule has 17 heavy (non-hydrogen) atoms. The minimum atomic E-state index is -0.460. The lowest BCUT2D eigenvalue weighted by Gasteiger charge is -2.21. The maximum atomic E-state index is 11.7. The van der Waals surface area contributed by atoms with Gasteiger partial charge in [0.15, 0.2) is 0 Å². The quantitative estimate of drug-likeness (QED) is 0.770. The van der Waals surface area contributed by atoms with Gasteiger partial charge in [0.25, 0.3) is 5.24 Å². The zero-order valence-electron chi connectivity index (χ0n) is 9.46. The monoisotopic (exact) mass is 251 g/mol. The summed E-state index contributed by atoms with van der Waals surface area (Å²) < 4.78 is 4.70. The maximum absolute atomic E-state index is 11.7. The number of esters is 1. The topological polar surface area (TPSA) is 46.6 Å². The van der Waals surface area contributed by atoms with Crippen LogP contribution in [-0.2, 0) is 16.1 Å². The molecular formula is C12H13NO3S. The van der Waals surface area contributed by atoms with E-state index in [1.165, 1.54) is 7.11 Å². The third-order valence-electron chi connectivity index (χ3n) is 2.64. The van der Waals surface area contributed by atoms with Crippen molar-refractivity contribution in [2.75, 3.05) is 12.9 Å². The summed E-state index contributed by atoms with van der Waals surface area (Å²) >= 11 is 1.16. The molecule has 5 heteroatoms. The number of carbonyl (C=O) groups is 2. The minimum Gasteiger partial charge on any atom is -0.467 e. The molecule has 1 amide bonds. The SMILES string of the molecule is COC(=O)[C@@H]1CSC(=O)N1Cc1ccccc1. The van der Waals surface area contributed by atoms with Gasteiger partial charge in [0.05, 0.1) is 7.11 Å². The molecule has 0 saturated carbocycles. The lowest BCUT2D eigenvalue weighted by molar-refractivity contribution is -0.144. The standard InChI is InChI=1S/C12H13NO3S/c1-16-11(14)10-8-17-12(15)13(10)7-9-5-3-2-4-6-9/h2-6,10H,7-8H2,1H3/t10-/m0/s1. The van der Waals surface area contributed by atoms with Gasteiger partial charge in [0.2, 0.25) is 0 Å². The predicted octanol–water partition coefficient (Wildman–Crippen LogP) is 1.90. The van der Waals surface area contributed by atoms with Crippen molar-refractivity contribution in [3.8, 4) is 0 Å². The van der Waals surface area contributed by atoms with Crippen LogP contribution < -0.4 is 0 Å². The Morgan fingerprint density at radius 2 is 2.18 bits per heavy atom. The van der Waals surface area contributed by atoms with E-state index in [0.717, 1.165) is 17.3 Å². The van der Waals surface area contributed by atoms with E-state index in [1.807, 2.05) is 30.3 Å². The number of carbonyl (C=O) groups excluding carboxylic acids is 2. The van der Waals surface area contributed by atoms with Crippen molar-refractivity contribution < 1.29 is 14.3 Å². The van der Waals surface area contributed by atoms with Crippen LogP contribution in [-0.4, -0.2) is 35.0 Å². The van der Waals surface area contributed by atoms with Crippen molar-refractivity contribution in [3.63, 3.8) is 0 Å². The molecule has 1 fully saturated rings. The molecule has 1 aromatic carbocycles. The number of methoxy groups -OCH3 is 1. The van der Waals surface area contributed by atoms with E-state index in [4.69, 9.17) is 4.74 Å². The van der Waals surface area contributed by atoms with E-state index in [0.29, 0.717) is 12.3 Å². The number of nitrogens with zero attached hydrogens (tertiary/aromatic N) is 1. The van der Waals surface area contributed by atoms with Crippen LogP contribution in [0.1, 0.15) is 5.56 Å². The molecule has 4 nitrogen and oxygen atoms in total. The summed E-state index contributed by atoms with van der Waals surface area (Å²) in [5.74, 6) is 0.123. The first-order chi connectivity index (χ1) is 8.22. The summed E-state index contributed by atoms with van der Waals surface area (Å²) in [6.07, 6.45) is 0. The lowest BCUT2D eigenvalue weighted by atomic mass is 10.2. The molecule has 1 heterocycles. The van der Waals surface area contributed by atoms with Crippen LogP contribution in [0.2, 0.25) is 0 Å². The van der Waals surface area contributed by atoms with Crippen LogP contribution in [0.25, 0.3) is 0 Å². The van der Waals surface area contributed by atoms with Gasteiger partial charge in [0.1, 0.15) is 6.04 Å². The average Bonchev–Trinajstić information content (AvgIpc) is 2.72. The summed E-state index contributed by atoms with van der Waals surface area (Å²) in [6, 6.07) is 9.15. The highest BCUT2D eigenvalue weighted by Gasteiger charge is 2.37. The van der Waals surface area contributed by atoms with Crippen molar-refractivity contribution >= 4 is 23.0 Å². The van der Waals surface area contributed by atoms with Gasteiger partial charge in [0, 0.05) is 12.3 Å². The molecule has 1 saturated heterocycles. The fourth-order valence-electron chi connectivity index (χ4n) is 1.74. The molecule has 2 rings (SSSR count). The van der Waals surface area contributed by atoms with Gasteiger partial charge in [-0.05, 0) is 5.56 Å². The molecule has 0 radical (unpaired) electrons. The van der Waals surface area contributed by atoms with E-state index in [-0.39, 0.29) is 11.2 Å². The Kier molecular flexibility index (Phi) is 3.68. The highest BCUT2D eigenvalue weighted by atomic mass is 32.2. The second-order valence-corrected chi connectivity index (χ2v) is 4.70. The fraction of sp³-hybridized carbons (Fsp3) is 0.333. The average molecular weight is 251 g/mol. The van der Waals surface area contributed by atoms with E-state index in [1.54, 1.807) is 4.90 Å². The van der Waals surface area contributed by atoms with Crippen molar-refractivity contribution in [1.29, 1.82) is 0 Å². The van der Waals surface area contributed by atoms with Crippen molar-refractivity contribution in [3.05, 3.63) is 35.9 Å². The Morgan fingerprint density at radius 3 is 2.82 bits per heavy atom. The zero-order chi connectivity index (χ0) is 12.3. The number of hydrogen-bond donors (Lipinski definition) is 0. The van der Waals surface area contributed by atoms with Crippen LogP contribution in [0.4, 0.5) is 4.79 Å². The second kappa shape index (κ2) is 5.23. The minimum absolute atomic E-state index is 0.0655. The van der Waals surface area contributed by atoms with Gasteiger partial charge >= 0.3 is 5.97 Å². The van der Waals surface area contributed by atoms with Gasteiger partial charge in [-0.1, -0.05) is 42.1 Å². The number of ether oxygens (including phenoxy) is 1. The first kappa shape index (κ1) is 12.0. The molecule has 0 aliphatic carbocycles. The molecule has 0 bridgehead atoms. The maximum Gasteiger partial charge on any atom is 0.329 e. The molecule has 1 aliphatic heterocycles. The highest BCUT2D eigenvalue weighted by Crippen LogP contribution is 2.26. The first-order valence-corrected chi connectivity index (χ1v) is 6.26. The normalized spacial score (nSPS) is 19.5. The third-order valence-corrected chi connectivity index (χ3v) is 3.61. The van der Waals surface area contributed by atoms with Gasteiger partial charge in [-0.25, -0.2) is 4.79 Å². The summed E-state index contributed by atoms with van der Waals surface area (Å²) in [6.45, 7) is 0.451. The Morgan fingerprint density at radius 1 is 1.47 bits per heavy atom. The van der Waals surface area contributed by atoms with Crippen molar-refractivity contribution in [2.24, 2.45) is 0 Å². The molecular weight excluding hydrogens is 238 g/mol. The second-order valence-electron chi connectivity index (χ2n) is 3.73. The van der Waals surface area contributed by atoms with Crippen molar-refractivity contribution in [1.82, 2.24) is 4.90 Å². The Hall–Kier alpha value is -1.49. The Labute approximate surface area is 104 Å². The molecule has 90 valence electrons. The van der Waals surface area contributed by atoms with Crippen LogP contribution in [0.5, 0.6) is 0 Å². The summed E-state index contributed by atoms with van der Waals surface area (Å²) in [7, 11) is 1.34. The third kappa shape index (κ3) is 2.61. The molecule has 1 atom stereocenters. The van der Waals surface area contributed by atoms with Gasteiger partial charge in [-0.3, -0.25) is 4.79 Å². The number of thioether (sulfide) groups is 1. The van der Waals surface area contributed by atoms with Crippen LogP contribution >= 0.6 is 11.8 Å². The van der Waals surface area contributed by atoms with E-state index >= 15 is 0 Å². The summed E-state index contributed by atoms with van der Waals surface area (Å²) in [5, 5.41) is -0.0655. The fourth-order valence-corrected chi connectivity index (χ4v) is 2.71. The van der Waals surface area contributed by atoms with Gasteiger partial charge in [-0.2, -0.15) is 0 Å². The smallest absolute Gasteiger partial charge is 0.329 e. The van der Waals surface area contributed by atoms with Crippen LogP contribution in [0, 0.1) is 0 Å². The largest absolute Gasteiger partial charge is 0.467 e. The number of benzene rings is 1. The summed E-state index contributed by atoms with van der Waals surface area (Å²) in [4.78, 5) is 24.8. The van der Waals surface area contributed by atoms with E-state index < -0.39 is 6.04 Å². The molecule has 1 aromatic rings. The Bertz CT molecular complexity index is 421. The molecule has 1 aliphatic rings. The van der Waals surface area contributed by atoms with Gasteiger partial charge < -0.3 is 9.64 Å². The first-order valence-electron chi connectivity index (χ1n) is 5.27. The van der Waals surface area contributed by atoms with Crippen molar-refractivity contribution in [2.45, 2.75) is 12.6 Å². The lowest BCUT2D eigenvalue weighted by Crippen LogP contribution is -2.39. The highest BCUT2D eigenvalue weighted by molar-refractivity contribution is 8.13. The number of amides is 1. The van der Waals surface area contributed by atoms with Crippen LogP contribution in [0.3, 0.4) is 0 Å². The molecule has 0 N–H and O–H groups in total. The molecule has 0 spiro atoms.